The Hall–Kier alpha value is -3.80. The summed E-state index contributed by atoms with van der Waals surface area (Å²) in [6, 6.07) is 10.2. The lowest BCUT2D eigenvalue weighted by Gasteiger charge is -2.32. The second kappa shape index (κ2) is 11.4. The molecule has 3 aromatic heterocycles. The Morgan fingerprint density at radius 2 is 2.08 bits per heavy atom. The number of aliphatic hydroxyl groups is 1. The van der Waals surface area contributed by atoms with E-state index in [1.165, 1.54) is 23.8 Å². The van der Waals surface area contributed by atoms with E-state index in [1.807, 2.05) is 11.0 Å². The number of anilines is 1. The molecule has 6 rings (SSSR count). The van der Waals surface area contributed by atoms with Gasteiger partial charge in [0, 0.05) is 31.7 Å². The highest BCUT2D eigenvalue weighted by molar-refractivity contribution is 7.17. The van der Waals surface area contributed by atoms with Crippen LogP contribution in [0, 0.1) is 0 Å². The zero-order valence-electron chi connectivity index (χ0n) is 22.1. The molecular formula is C29H32N6O4S. The Morgan fingerprint density at radius 1 is 1.20 bits per heavy atom. The summed E-state index contributed by atoms with van der Waals surface area (Å²) in [6.45, 7) is 5.62. The van der Waals surface area contributed by atoms with E-state index in [1.54, 1.807) is 12.3 Å². The Bertz CT molecular complexity index is 1520. The first kappa shape index (κ1) is 26.4. The first-order valence-electron chi connectivity index (χ1n) is 13.6. The van der Waals surface area contributed by atoms with E-state index in [0.29, 0.717) is 42.3 Å². The smallest absolute Gasteiger partial charge is 0.268 e. The van der Waals surface area contributed by atoms with Crippen molar-refractivity contribution in [3.05, 3.63) is 66.0 Å². The van der Waals surface area contributed by atoms with Crippen LogP contribution < -0.4 is 10.6 Å². The van der Waals surface area contributed by atoms with E-state index >= 15 is 0 Å². The van der Waals surface area contributed by atoms with Crippen molar-refractivity contribution >= 4 is 40.1 Å². The topological polar surface area (TPSA) is 126 Å². The molecule has 4 aromatic rings. The number of carbonyl (C=O) groups is 2. The largest absolute Gasteiger partial charge is 0.443 e. The van der Waals surface area contributed by atoms with E-state index in [-0.39, 0.29) is 24.0 Å². The first-order valence-corrected chi connectivity index (χ1v) is 14.4. The molecule has 2 fully saturated rings. The van der Waals surface area contributed by atoms with Crippen LogP contribution in [0.5, 0.6) is 0 Å². The fourth-order valence-electron chi connectivity index (χ4n) is 5.51. The average molecular weight is 561 g/mol. The van der Waals surface area contributed by atoms with Crippen molar-refractivity contribution in [3.8, 4) is 10.6 Å². The van der Waals surface area contributed by atoms with Gasteiger partial charge in [-0.2, -0.15) is 0 Å². The summed E-state index contributed by atoms with van der Waals surface area (Å²) < 4.78 is 7.50. The van der Waals surface area contributed by atoms with Crippen molar-refractivity contribution in [3.63, 3.8) is 0 Å². The van der Waals surface area contributed by atoms with E-state index in [2.05, 4.69) is 45.0 Å². The molecule has 2 aliphatic rings. The maximum atomic E-state index is 13.4. The van der Waals surface area contributed by atoms with Crippen LogP contribution in [0.3, 0.4) is 0 Å². The number of likely N-dealkylation sites (tertiary alicyclic amines) is 1. The zero-order chi connectivity index (χ0) is 27.6. The van der Waals surface area contributed by atoms with Gasteiger partial charge in [-0.05, 0) is 68.0 Å². The van der Waals surface area contributed by atoms with Crippen LogP contribution >= 0.6 is 11.3 Å². The predicted molar refractivity (Wildman–Crippen MR) is 153 cm³/mol. The molecule has 0 bridgehead atoms. The third-order valence-corrected chi connectivity index (χ3v) is 8.84. The van der Waals surface area contributed by atoms with Gasteiger partial charge in [0.1, 0.15) is 0 Å². The monoisotopic (exact) mass is 560 g/mol. The number of carbonyl (C=O) groups excluding carboxylic acids is 2. The third kappa shape index (κ3) is 5.45. The van der Waals surface area contributed by atoms with E-state index in [4.69, 9.17) is 9.40 Å². The van der Waals surface area contributed by atoms with Gasteiger partial charge in [0.05, 0.1) is 33.1 Å². The molecule has 1 saturated heterocycles. The number of thiophene rings is 1. The Morgan fingerprint density at radius 3 is 2.85 bits per heavy atom. The minimum absolute atomic E-state index is 0.0546. The number of oxazole rings is 1. The van der Waals surface area contributed by atoms with Crippen LogP contribution in [0.1, 0.15) is 53.4 Å². The number of hydrogen-bond acceptors (Lipinski definition) is 8. The Kier molecular flexibility index (Phi) is 7.50. The summed E-state index contributed by atoms with van der Waals surface area (Å²) in [6.07, 6.45) is 8.17. The molecule has 0 radical (unpaired) electrons. The fourth-order valence-corrected chi connectivity index (χ4v) is 6.36. The molecule has 0 spiro atoms. The summed E-state index contributed by atoms with van der Waals surface area (Å²) >= 11 is 1.33. The van der Waals surface area contributed by atoms with Gasteiger partial charge in [-0.25, -0.2) is 9.97 Å². The summed E-state index contributed by atoms with van der Waals surface area (Å²) in [7, 11) is 0. The van der Waals surface area contributed by atoms with Crippen molar-refractivity contribution in [1.82, 2.24) is 24.8 Å². The molecule has 3 N–H and O–H groups in total. The zero-order valence-corrected chi connectivity index (χ0v) is 22.9. The van der Waals surface area contributed by atoms with Gasteiger partial charge in [-0.15, -0.1) is 11.3 Å². The minimum atomic E-state index is -0.241. The van der Waals surface area contributed by atoms with E-state index in [9.17, 15) is 14.7 Å². The lowest BCUT2D eigenvalue weighted by molar-refractivity contribution is -0.125. The number of aromatic nitrogens is 3. The summed E-state index contributed by atoms with van der Waals surface area (Å²) in [5.41, 5.74) is 2.84. The Labute approximate surface area is 235 Å². The molecule has 1 aliphatic heterocycles. The van der Waals surface area contributed by atoms with Crippen molar-refractivity contribution < 1.29 is 19.1 Å². The highest BCUT2D eigenvalue weighted by atomic mass is 32.1. The molecule has 2 amide bonds. The highest BCUT2D eigenvalue weighted by Crippen LogP contribution is 2.33. The maximum absolute atomic E-state index is 13.4. The highest BCUT2D eigenvalue weighted by Gasteiger charge is 2.27. The normalized spacial score (nSPS) is 21.1. The predicted octanol–water partition coefficient (Wildman–Crippen LogP) is 4.36. The molecule has 1 aliphatic carbocycles. The molecule has 1 atom stereocenters. The van der Waals surface area contributed by atoms with Gasteiger partial charge in [-0.3, -0.25) is 14.9 Å². The number of rotatable bonds is 8. The van der Waals surface area contributed by atoms with Gasteiger partial charge >= 0.3 is 0 Å². The summed E-state index contributed by atoms with van der Waals surface area (Å²) in [4.78, 5) is 37.7. The van der Waals surface area contributed by atoms with Crippen molar-refractivity contribution in [1.29, 1.82) is 0 Å². The van der Waals surface area contributed by atoms with Crippen LogP contribution in [-0.4, -0.2) is 61.6 Å². The average Bonchev–Trinajstić information content (AvgIpc) is 3.67. The fraction of sp³-hybridized carbons (Fsp3) is 0.379. The van der Waals surface area contributed by atoms with Crippen LogP contribution in [0.15, 0.2) is 60.0 Å². The minimum Gasteiger partial charge on any atom is -0.443 e. The molecule has 1 aromatic carbocycles. The van der Waals surface area contributed by atoms with Gasteiger partial charge in [0.25, 0.3) is 5.91 Å². The second-order valence-corrected chi connectivity index (χ2v) is 11.5. The number of nitrogens with zero attached hydrogens (tertiary/aromatic N) is 4. The first-order chi connectivity index (χ1) is 19.5. The quantitative estimate of drug-likeness (QED) is 0.274. The van der Waals surface area contributed by atoms with Crippen LogP contribution in [0.25, 0.3) is 21.7 Å². The number of aliphatic hydroxyl groups excluding tert-OH is 1. The van der Waals surface area contributed by atoms with Crippen LogP contribution in [0.4, 0.5) is 5.95 Å². The summed E-state index contributed by atoms with van der Waals surface area (Å²) in [5.74, 6) is 0.817. The molecule has 0 unspecified atom stereocenters. The van der Waals surface area contributed by atoms with Crippen molar-refractivity contribution in [2.24, 2.45) is 0 Å². The van der Waals surface area contributed by atoms with Gasteiger partial charge in [0.2, 0.25) is 11.9 Å². The lowest BCUT2D eigenvalue weighted by Crippen LogP contribution is -2.43. The lowest BCUT2D eigenvalue weighted by atomic mass is 9.89. The molecular weight excluding hydrogens is 528 g/mol. The van der Waals surface area contributed by atoms with Gasteiger partial charge in [-0.1, -0.05) is 12.6 Å². The maximum Gasteiger partial charge on any atom is 0.268 e. The SMILES string of the molecule is C=CC(=O)N1CCC[C@@H](n2c(NC(=O)c3ccc(-c4cnco4)s3)nc3cc(CNC4CC(O)C4)ccc32)CC1. The molecule has 4 heterocycles. The number of hydrogen-bond donors (Lipinski definition) is 3. The van der Waals surface area contributed by atoms with E-state index in [0.717, 1.165) is 53.6 Å². The molecule has 11 heteroatoms. The number of imidazole rings is 1. The van der Waals surface area contributed by atoms with Crippen molar-refractivity contribution in [2.75, 3.05) is 18.4 Å². The third-order valence-electron chi connectivity index (χ3n) is 7.74. The van der Waals surface area contributed by atoms with Crippen LogP contribution in [0.2, 0.25) is 0 Å². The molecule has 1 saturated carbocycles. The number of benzene rings is 1. The van der Waals surface area contributed by atoms with Gasteiger partial charge < -0.3 is 24.3 Å². The number of fused-ring (bicyclic) bond motifs is 1. The van der Waals surface area contributed by atoms with E-state index < -0.39 is 0 Å². The molecule has 208 valence electrons. The number of nitrogens with one attached hydrogen (secondary N) is 2. The van der Waals surface area contributed by atoms with Crippen molar-refractivity contribution in [2.45, 2.75) is 56.8 Å². The molecule has 40 heavy (non-hydrogen) atoms. The standard InChI is InChI=1S/C29H32N6O4S/c1-2-27(37)34-10-3-4-20(9-11-34)35-23-6-5-18(15-31-19-13-21(36)14-19)12-22(23)32-29(35)33-28(38)26-8-7-25(40-26)24-16-30-17-39-24/h2,5-8,12,16-17,19-21,31,36H,1,3-4,9-11,13-15H2,(H,32,33,38)/t19?,20-,21?/m1/s1. The second-order valence-electron chi connectivity index (χ2n) is 10.4. The van der Waals surface area contributed by atoms with Gasteiger partial charge in [0.15, 0.2) is 12.2 Å². The summed E-state index contributed by atoms with van der Waals surface area (Å²) in [5, 5.41) is 16.1. The number of amides is 2. The van der Waals surface area contributed by atoms with Crippen LogP contribution in [-0.2, 0) is 11.3 Å². The molecule has 10 nitrogen and oxygen atoms in total. The Balaban J connectivity index is 1.28.